The average Bonchev–Trinajstić information content (AvgIpc) is 2.91. The lowest BCUT2D eigenvalue weighted by Crippen LogP contribution is -2.27. The highest BCUT2D eigenvalue weighted by molar-refractivity contribution is 7.89. The zero-order valence-corrected chi connectivity index (χ0v) is 12.3. The molecule has 7 nitrogen and oxygen atoms in total. The van der Waals surface area contributed by atoms with Crippen molar-refractivity contribution in [1.29, 1.82) is 0 Å². The third-order valence-corrected chi connectivity index (χ3v) is 4.62. The van der Waals surface area contributed by atoms with Gasteiger partial charge in [-0.1, -0.05) is 12.2 Å². The molecule has 9 heteroatoms. The van der Waals surface area contributed by atoms with Crippen LogP contribution in [0, 0.1) is 0 Å². The summed E-state index contributed by atoms with van der Waals surface area (Å²) in [6.45, 7) is 0.145. The van der Waals surface area contributed by atoms with Crippen molar-refractivity contribution in [3.63, 3.8) is 0 Å². The van der Waals surface area contributed by atoms with Gasteiger partial charge in [-0.3, -0.25) is 4.98 Å². The predicted octanol–water partition coefficient (Wildman–Crippen LogP) is 0.260. The molecule has 106 valence electrons. The van der Waals surface area contributed by atoms with Crippen LogP contribution in [0.5, 0.6) is 0 Å². The van der Waals surface area contributed by atoms with Gasteiger partial charge in [0.15, 0.2) is 0 Å². The van der Waals surface area contributed by atoms with E-state index >= 15 is 0 Å². The Morgan fingerprint density at radius 1 is 1.45 bits per heavy atom. The number of hydrogen-bond acceptors (Lipinski definition) is 5. The number of imidazole rings is 1. The second kappa shape index (κ2) is 5.65. The van der Waals surface area contributed by atoms with Crippen LogP contribution < -0.4 is 5.73 Å². The van der Waals surface area contributed by atoms with Crippen molar-refractivity contribution >= 4 is 27.2 Å². The normalized spacial score (nSPS) is 11.7. The van der Waals surface area contributed by atoms with E-state index in [9.17, 15) is 8.42 Å². The van der Waals surface area contributed by atoms with Gasteiger partial charge < -0.3 is 10.7 Å². The summed E-state index contributed by atoms with van der Waals surface area (Å²) in [6.07, 6.45) is 4.44. The van der Waals surface area contributed by atoms with E-state index < -0.39 is 10.0 Å². The highest BCUT2D eigenvalue weighted by Crippen LogP contribution is 2.15. The zero-order valence-electron chi connectivity index (χ0n) is 10.6. The highest BCUT2D eigenvalue weighted by atomic mass is 32.2. The third kappa shape index (κ3) is 3.00. The van der Waals surface area contributed by atoms with Gasteiger partial charge in [-0.05, 0) is 12.1 Å². The topological polar surface area (TPSA) is 105 Å². The van der Waals surface area contributed by atoms with Crippen LogP contribution in [0.3, 0.4) is 0 Å². The van der Waals surface area contributed by atoms with Crippen LogP contribution in [0.2, 0.25) is 0 Å². The molecule has 0 unspecified atom stereocenters. The molecule has 0 radical (unpaired) electrons. The number of aromatic amines is 1. The number of nitrogens with zero attached hydrogens (tertiary/aromatic N) is 3. The lowest BCUT2D eigenvalue weighted by atomic mass is 10.3. The Morgan fingerprint density at radius 2 is 2.20 bits per heavy atom. The molecule has 2 rings (SSSR count). The summed E-state index contributed by atoms with van der Waals surface area (Å²) >= 11 is 4.77. The second-order valence-electron chi connectivity index (χ2n) is 4.04. The number of H-pyrrole nitrogens is 1. The van der Waals surface area contributed by atoms with Crippen LogP contribution in [0.1, 0.15) is 11.5 Å². The van der Waals surface area contributed by atoms with Crippen molar-refractivity contribution in [3.05, 3.63) is 42.2 Å². The van der Waals surface area contributed by atoms with Gasteiger partial charge in [-0.15, -0.1) is 0 Å². The highest BCUT2D eigenvalue weighted by Gasteiger charge is 2.22. The van der Waals surface area contributed by atoms with E-state index in [1.165, 1.54) is 29.7 Å². The molecule has 0 aliphatic rings. The second-order valence-corrected chi connectivity index (χ2v) is 6.53. The van der Waals surface area contributed by atoms with Crippen molar-refractivity contribution in [2.24, 2.45) is 5.73 Å². The van der Waals surface area contributed by atoms with Crippen LogP contribution in [-0.4, -0.2) is 39.7 Å². The first-order valence-electron chi connectivity index (χ1n) is 5.61. The largest absolute Gasteiger partial charge is 0.388 e. The van der Waals surface area contributed by atoms with Crippen molar-refractivity contribution in [3.8, 4) is 0 Å². The summed E-state index contributed by atoms with van der Waals surface area (Å²) in [6, 6.07) is 2.91. The van der Waals surface area contributed by atoms with Crippen LogP contribution in [0.15, 0.2) is 35.6 Å². The fourth-order valence-electron chi connectivity index (χ4n) is 1.54. The van der Waals surface area contributed by atoms with Gasteiger partial charge in [0.05, 0.1) is 12.2 Å². The number of nitrogens with one attached hydrogen (secondary N) is 1. The lowest BCUT2D eigenvalue weighted by Gasteiger charge is -2.15. The molecule has 20 heavy (non-hydrogen) atoms. The summed E-state index contributed by atoms with van der Waals surface area (Å²) < 4.78 is 25.8. The summed E-state index contributed by atoms with van der Waals surface area (Å²) in [5, 5.41) is 0. The van der Waals surface area contributed by atoms with Crippen LogP contribution >= 0.6 is 12.2 Å². The number of pyridine rings is 1. The predicted molar refractivity (Wildman–Crippen MR) is 77.4 cm³/mol. The van der Waals surface area contributed by atoms with E-state index in [2.05, 4.69) is 15.0 Å². The molecule has 0 fully saturated rings. The van der Waals surface area contributed by atoms with E-state index in [4.69, 9.17) is 18.0 Å². The fraction of sp³-hybridized carbons (Fsp3) is 0.182. The van der Waals surface area contributed by atoms with Gasteiger partial charge in [0, 0.05) is 25.6 Å². The number of thiocarbonyl (C=S) groups is 1. The molecule has 0 saturated carbocycles. The summed E-state index contributed by atoms with van der Waals surface area (Å²) in [7, 11) is -2.16. The Bertz CT molecular complexity index is 695. The van der Waals surface area contributed by atoms with Crippen molar-refractivity contribution in [2.45, 2.75) is 11.4 Å². The number of hydrogen-bond donors (Lipinski definition) is 2. The Labute approximate surface area is 121 Å². The van der Waals surface area contributed by atoms with Crippen molar-refractivity contribution in [2.75, 3.05) is 7.05 Å². The molecule has 0 aromatic carbocycles. The van der Waals surface area contributed by atoms with Crippen molar-refractivity contribution < 1.29 is 8.42 Å². The maximum Gasteiger partial charge on any atom is 0.244 e. The molecular formula is C11H13N5O2S2. The van der Waals surface area contributed by atoms with Gasteiger partial charge in [0.2, 0.25) is 10.0 Å². The molecular weight excluding hydrogens is 298 g/mol. The third-order valence-electron chi connectivity index (χ3n) is 2.62. The molecule has 2 heterocycles. The number of nitrogens with two attached hydrogens (primary N) is 1. The van der Waals surface area contributed by atoms with Gasteiger partial charge in [0.1, 0.15) is 15.7 Å². The number of sulfonamides is 1. The van der Waals surface area contributed by atoms with Crippen LogP contribution in [0.25, 0.3) is 0 Å². The number of rotatable bonds is 5. The van der Waals surface area contributed by atoms with E-state index in [0.717, 1.165) is 0 Å². The Hall–Kier alpha value is -1.84. The maximum absolute atomic E-state index is 12.3. The van der Waals surface area contributed by atoms with E-state index in [1.54, 1.807) is 12.4 Å². The molecule has 0 spiro atoms. The zero-order chi connectivity index (χ0) is 14.8. The van der Waals surface area contributed by atoms with Crippen LogP contribution in [0.4, 0.5) is 0 Å². The monoisotopic (exact) mass is 311 g/mol. The first-order chi connectivity index (χ1) is 9.41. The Morgan fingerprint density at radius 3 is 2.70 bits per heavy atom. The van der Waals surface area contributed by atoms with Crippen LogP contribution in [-0.2, 0) is 16.6 Å². The fourth-order valence-corrected chi connectivity index (χ4v) is 2.74. The number of aromatic nitrogens is 3. The Balaban J connectivity index is 2.23. The molecule has 2 aromatic heterocycles. The van der Waals surface area contributed by atoms with Gasteiger partial charge >= 0.3 is 0 Å². The van der Waals surface area contributed by atoms with Gasteiger partial charge in [-0.2, -0.15) is 4.31 Å². The standard InChI is InChI=1S/C11H13N5O2S2/c1-16(7-10-13-4-5-14-10)20(17,18)8-2-3-9(11(12)19)15-6-8/h2-6H,7H2,1H3,(H2,12,19)(H,13,14). The quantitative estimate of drug-likeness (QED) is 0.767. The summed E-state index contributed by atoms with van der Waals surface area (Å²) in [5.74, 6) is 0.559. The first-order valence-corrected chi connectivity index (χ1v) is 7.46. The smallest absolute Gasteiger partial charge is 0.244 e. The average molecular weight is 311 g/mol. The molecule has 0 atom stereocenters. The molecule has 0 aliphatic carbocycles. The Kier molecular flexibility index (Phi) is 4.12. The van der Waals surface area contributed by atoms with E-state index in [0.29, 0.717) is 11.5 Å². The van der Waals surface area contributed by atoms with E-state index in [1.807, 2.05) is 0 Å². The molecule has 0 aliphatic heterocycles. The minimum Gasteiger partial charge on any atom is -0.388 e. The molecule has 2 aromatic rings. The first kappa shape index (κ1) is 14.6. The van der Waals surface area contributed by atoms with Crippen molar-refractivity contribution in [1.82, 2.24) is 19.3 Å². The molecule has 3 N–H and O–H groups in total. The van der Waals surface area contributed by atoms with Gasteiger partial charge in [-0.25, -0.2) is 13.4 Å². The SMILES string of the molecule is CN(Cc1ncc[nH]1)S(=O)(=O)c1ccc(C(N)=S)nc1. The summed E-state index contributed by atoms with van der Waals surface area (Å²) in [4.78, 5) is 11.0. The summed E-state index contributed by atoms with van der Waals surface area (Å²) in [5.41, 5.74) is 5.80. The minimum absolute atomic E-state index is 0.0755. The molecule has 0 amide bonds. The minimum atomic E-state index is -3.63. The van der Waals surface area contributed by atoms with E-state index in [-0.39, 0.29) is 16.4 Å². The molecule has 0 bridgehead atoms. The lowest BCUT2D eigenvalue weighted by molar-refractivity contribution is 0.458. The van der Waals surface area contributed by atoms with Gasteiger partial charge in [0.25, 0.3) is 0 Å². The molecule has 0 saturated heterocycles. The maximum atomic E-state index is 12.3.